The van der Waals surface area contributed by atoms with E-state index in [-0.39, 0.29) is 23.6 Å². The minimum Gasteiger partial charge on any atom is -0.466 e. The summed E-state index contributed by atoms with van der Waals surface area (Å²) in [6.07, 6.45) is 3.91. The van der Waals surface area contributed by atoms with Crippen LogP contribution >= 0.6 is 0 Å². The third-order valence-corrected chi connectivity index (χ3v) is 3.05. The van der Waals surface area contributed by atoms with E-state index >= 15 is 0 Å². The summed E-state index contributed by atoms with van der Waals surface area (Å²) in [5.41, 5.74) is 0. The Morgan fingerprint density at radius 3 is 2.78 bits per heavy atom. The van der Waals surface area contributed by atoms with Crippen molar-refractivity contribution in [3.8, 4) is 0 Å². The molecule has 1 saturated heterocycles. The summed E-state index contributed by atoms with van der Waals surface area (Å²) in [6, 6.07) is 0. The monoisotopic (exact) mass is 252 g/mol. The van der Waals surface area contributed by atoms with Crippen LogP contribution in [0.5, 0.6) is 0 Å². The number of likely N-dealkylation sites (tertiary alicyclic amines) is 1. The Balaban J connectivity index is 1.87. The first-order chi connectivity index (χ1) is 8.72. The number of hydrogen-bond donors (Lipinski definition) is 0. The van der Waals surface area contributed by atoms with Gasteiger partial charge in [-0.2, -0.15) is 0 Å². The van der Waals surface area contributed by atoms with Crippen molar-refractivity contribution in [1.82, 2.24) is 9.88 Å². The molecule has 1 aliphatic rings. The molecule has 18 heavy (non-hydrogen) atoms. The predicted molar refractivity (Wildman–Crippen MR) is 61.8 cm³/mol. The number of oxazole rings is 1. The first kappa shape index (κ1) is 12.6. The average molecular weight is 252 g/mol. The highest BCUT2D eigenvalue weighted by Gasteiger charge is 2.29. The van der Waals surface area contributed by atoms with E-state index in [0.717, 1.165) is 0 Å². The molecule has 0 spiro atoms. The van der Waals surface area contributed by atoms with Crippen molar-refractivity contribution >= 4 is 11.9 Å². The van der Waals surface area contributed by atoms with Crippen molar-refractivity contribution in [2.75, 3.05) is 19.7 Å². The van der Waals surface area contributed by atoms with Crippen LogP contribution in [-0.2, 0) is 9.53 Å². The topological polar surface area (TPSA) is 72.6 Å². The van der Waals surface area contributed by atoms with Crippen LogP contribution in [0.4, 0.5) is 0 Å². The van der Waals surface area contributed by atoms with E-state index in [9.17, 15) is 9.59 Å². The molecule has 2 heterocycles. The van der Waals surface area contributed by atoms with Gasteiger partial charge in [0.1, 0.15) is 0 Å². The summed E-state index contributed by atoms with van der Waals surface area (Å²) in [7, 11) is 0. The van der Waals surface area contributed by atoms with Gasteiger partial charge in [-0.3, -0.25) is 9.59 Å². The zero-order valence-corrected chi connectivity index (χ0v) is 10.3. The number of esters is 1. The van der Waals surface area contributed by atoms with E-state index in [1.165, 1.54) is 12.6 Å². The highest BCUT2D eigenvalue weighted by atomic mass is 16.5. The molecular formula is C12H16N2O4. The molecule has 1 aliphatic heterocycles. The number of ether oxygens (including phenoxy) is 1. The van der Waals surface area contributed by atoms with E-state index in [1.807, 2.05) is 0 Å². The number of rotatable bonds is 3. The van der Waals surface area contributed by atoms with Gasteiger partial charge in [-0.15, -0.1) is 0 Å². The summed E-state index contributed by atoms with van der Waals surface area (Å²) in [4.78, 5) is 28.9. The second kappa shape index (κ2) is 5.66. The Bertz CT molecular complexity index is 408. The fraction of sp³-hybridized carbons (Fsp3) is 0.583. The summed E-state index contributed by atoms with van der Waals surface area (Å²) in [5, 5.41) is 0. The molecule has 0 aromatic carbocycles. The molecular weight excluding hydrogens is 236 g/mol. The van der Waals surface area contributed by atoms with Gasteiger partial charge in [0.2, 0.25) is 5.76 Å². The van der Waals surface area contributed by atoms with Crippen molar-refractivity contribution in [3.63, 3.8) is 0 Å². The Kier molecular flexibility index (Phi) is 3.96. The third-order valence-electron chi connectivity index (χ3n) is 3.05. The predicted octanol–water partition coefficient (Wildman–Crippen LogP) is 1.09. The zero-order valence-electron chi connectivity index (χ0n) is 10.3. The molecule has 0 radical (unpaired) electrons. The molecule has 1 amide bonds. The summed E-state index contributed by atoms with van der Waals surface area (Å²) in [5.74, 6) is -0.188. The van der Waals surface area contributed by atoms with Crippen LogP contribution in [0, 0.1) is 5.92 Å². The molecule has 0 aliphatic carbocycles. The molecule has 0 N–H and O–H groups in total. The second-order valence-corrected chi connectivity index (χ2v) is 4.18. The van der Waals surface area contributed by atoms with Crippen LogP contribution in [-0.4, -0.2) is 41.5 Å². The number of aromatic nitrogens is 1. The lowest BCUT2D eigenvalue weighted by Crippen LogP contribution is -2.40. The first-order valence-corrected chi connectivity index (χ1v) is 6.06. The van der Waals surface area contributed by atoms with Crippen LogP contribution in [0.1, 0.15) is 30.3 Å². The maximum atomic E-state index is 11.9. The average Bonchev–Trinajstić information content (AvgIpc) is 2.92. The van der Waals surface area contributed by atoms with E-state index < -0.39 is 0 Å². The molecule has 1 aromatic rings. The Morgan fingerprint density at radius 2 is 2.22 bits per heavy atom. The zero-order chi connectivity index (χ0) is 13.0. The fourth-order valence-corrected chi connectivity index (χ4v) is 2.06. The van der Waals surface area contributed by atoms with Gasteiger partial charge in [-0.25, -0.2) is 4.98 Å². The number of piperidine rings is 1. The van der Waals surface area contributed by atoms with Crippen molar-refractivity contribution in [2.24, 2.45) is 5.92 Å². The number of nitrogens with zero attached hydrogens (tertiary/aromatic N) is 2. The molecule has 0 bridgehead atoms. The SMILES string of the molecule is CCOC(=O)C1CCN(C(=O)c2cnco2)CC1. The first-order valence-electron chi connectivity index (χ1n) is 6.06. The van der Waals surface area contributed by atoms with Crippen molar-refractivity contribution < 1.29 is 18.7 Å². The molecule has 98 valence electrons. The van der Waals surface area contributed by atoms with Gasteiger partial charge < -0.3 is 14.1 Å². The van der Waals surface area contributed by atoms with Crippen LogP contribution in [0.15, 0.2) is 17.0 Å². The number of carbonyl (C=O) groups is 2. The van der Waals surface area contributed by atoms with E-state index in [2.05, 4.69) is 4.98 Å². The van der Waals surface area contributed by atoms with Crippen molar-refractivity contribution in [2.45, 2.75) is 19.8 Å². The maximum Gasteiger partial charge on any atom is 0.309 e. The minimum absolute atomic E-state index is 0.0938. The molecule has 0 atom stereocenters. The lowest BCUT2D eigenvalue weighted by molar-refractivity contribution is -0.149. The third kappa shape index (κ3) is 2.69. The second-order valence-electron chi connectivity index (χ2n) is 4.18. The highest BCUT2D eigenvalue weighted by Crippen LogP contribution is 2.20. The minimum atomic E-state index is -0.171. The van der Waals surface area contributed by atoms with Gasteiger partial charge in [-0.1, -0.05) is 0 Å². The normalized spacial score (nSPS) is 16.6. The lowest BCUT2D eigenvalue weighted by atomic mass is 9.97. The quantitative estimate of drug-likeness (QED) is 0.753. The molecule has 0 saturated carbocycles. The van der Waals surface area contributed by atoms with Gasteiger partial charge in [0.05, 0.1) is 18.7 Å². The standard InChI is InChI=1S/C12H16N2O4/c1-2-17-12(16)9-3-5-14(6-4-9)11(15)10-7-13-8-18-10/h7-9H,2-6H2,1H3. The van der Waals surface area contributed by atoms with Gasteiger partial charge in [0.25, 0.3) is 5.91 Å². The molecule has 1 aromatic heterocycles. The molecule has 0 unspecified atom stereocenters. The highest BCUT2D eigenvalue weighted by molar-refractivity contribution is 5.91. The van der Waals surface area contributed by atoms with Crippen LogP contribution < -0.4 is 0 Å². The van der Waals surface area contributed by atoms with Crippen LogP contribution in [0.3, 0.4) is 0 Å². The molecule has 1 fully saturated rings. The summed E-state index contributed by atoms with van der Waals surface area (Å²) in [6.45, 7) is 3.28. The lowest BCUT2D eigenvalue weighted by Gasteiger charge is -2.30. The Labute approximate surface area is 105 Å². The van der Waals surface area contributed by atoms with Gasteiger partial charge in [0, 0.05) is 13.1 Å². The van der Waals surface area contributed by atoms with Crippen molar-refractivity contribution in [1.29, 1.82) is 0 Å². The smallest absolute Gasteiger partial charge is 0.309 e. The molecule has 6 heteroatoms. The maximum absolute atomic E-state index is 11.9. The number of carbonyl (C=O) groups excluding carboxylic acids is 2. The van der Waals surface area contributed by atoms with Crippen LogP contribution in [0.25, 0.3) is 0 Å². The van der Waals surface area contributed by atoms with E-state index in [0.29, 0.717) is 32.5 Å². The number of amides is 1. The summed E-state index contributed by atoms with van der Waals surface area (Å²) < 4.78 is 9.95. The Hall–Kier alpha value is -1.85. The van der Waals surface area contributed by atoms with E-state index in [1.54, 1.807) is 11.8 Å². The van der Waals surface area contributed by atoms with Crippen LogP contribution in [0.2, 0.25) is 0 Å². The largest absolute Gasteiger partial charge is 0.466 e. The van der Waals surface area contributed by atoms with Gasteiger partial charge >= 0.3 is 5.97 Å². The van der Waals surface area contributed by atoms with Crippen molar-refractivity contribution in [3.05, 3.63) is 18.4 Å². The summed E-state index contributed by atoms with van der Waals surface area (Å²) >= 11 is 0. The molecule has 2 rings (SSSR count). The van der Waals surface area contributed by atoms with E-state index in [4.69, 9.17) is 9.15 Å². The van der Waals surface area contributed by atoms with Gasteiger partial charge in [0.15, 0.2) is 6.39 Å². The fourth-order valence-electron chi connectivity index (χ4n) is 2.06. The molecule has 6 nitrogen and oxygen atoms in total. The van der Waals surface area contributed by atoms with Gasteiger partial charge in [-0.05, 0) is 19.8 Å². The Morgan fingerprint density at radius 1 is 1.50 bits per heavy atom. The number of hydrogen-bond acceptors (Lipinski definition) is 5.